The van der Waals surface area contributed by atoms with Crippen LogP contribution in [0.25, 0.3) is 10.6 Å². The van der Waals surface area contributed by atoms with E-state index in [2.05, 4.69) is 9.88 Å². The van der Waals surface area contributed by atoms with E-state index in [1.54, 1.807) is 23.9 Å². The summed E-state index contributed by atoms with van der Waals surface area (Å²) in [5.41, 5.74) is 2.04. The predicted molar refractivity (Wildman–Crippen MR) is 67.8 cm³/mol. The highest BCUT2D eigenvalue weighted by Crippen LogP contribution is 2.24. The smallest absolute Gasteiger partial charge is 0.126 e. The molecule has 92 valence electrons. The van der Waals surface area contributed by atoms with Crippen LogP contribution in [0.2, 0.25) is 0 Å². The third-order valence-electron chi connectivity index (χ3n) is 2.75. The molecule has 0 fully saturated rings. The van der Waals surface area contributed by atoms with Crippen molar-refractivity contribution < 1.29 is 9.52 Å². The average molecular weight is 252 g/mol. The van der Waals surface area contributed by atoms with Gasteiger partial charge < -0.3 is 9.52 Å². The molecule has 0 spiro atoms. The summed E-state index contributed by atoms with van der Waals surface area (Å²) in [6.45, 7) is 2.90. The number of aliphatic hydroxyl groups is 1. The summed E-state index contributed by atoms with van der Waals surface area (Å²) in [5, 5.41) is 12.1. The van der Waals surface area contributed by atoms with Crippen molar-refractivity contribution in [3.8, 4) is 10.6 Å². The van der Waals surface area contributed by atoms with Gasteiger partial charge in [-0.05, 0) is 20.0 Å². The lowest BCUT2D eigenvalue weighted by molar-refractivity contribution is 0.153. The summed E-state index contributed by atoms with van der Waals surface area (Å²) in [6.07, 6.45) is 3.35. The van der Waals surface area contributed by atoms with Gasteiger partial charge in [-0.15, -0.1) is 11.3 Å². The lowest BCUT2D eigenvalue weighted by Crippen LogP contribution is -2.31. The lowest BCUT2D eigenvalue weighted by Gasteiger charge is -2.21. The summed E-state index contributed by atoms with van der Waals surface area (Å²) in [6, 6.07) is 2.05. The molecule has 2 rings (SSSR count). The van der Waals surface area contributed by atoms with Crippen molar-refractivity contribution in [2.75, 3.05) is 13.7 Å². The molecule has 4 nitrogen and oxygen atoms in total. The Hall–Kier alpha value is -1.17. The minimum absolute atomic E-state index is 0.147. The molecule has 0 amide bonds. The number of likely N-dealkylation sites (N-methyl/N-ethyl adjacent to an activating group) is 1. The van der Waals surface area contributed by atoms with E-state index in [-0.39, 0.29) is 12.6 Å². The zero-order chi connectivity index (χ0) is 12.3. The van der Waals surface area contributed by atoms with Crippen molar-refractivity contribution in [1.29, 1.82) is 0 Å². The Morgan fingerprint density at radius 1 is 1.59 bits per heavy atom. The summed E-state index contributed by atoms with van der Waals surface area (Å²) < 4.78 is 5.04. The Balaban J connectivity index is 2.04. The van der Waals surface area contributed by atoms with Crippen LogP contribution in [-0.2, 0) is 6.54 Å². The van der Waals surface area contributed by atoms with Gasteiger partial charge in [0.15, 0.2) is 0 Å². The highest BCUT2D eigenvalue weighted by molar-refractivity contribution is 7.13. The van der Waals surface area contributed by atoms with Crippen LogP contribution in [0.1, 0.15) is 12.6 Å². The SMILES string of the molecule is CC(CO)N(C)Cc1csc(-c2ccoc2)n1. The largest absolute Gasteiger partial charge is 0.472 e. The van der Waals surface area contributed by atoms with Gasteiger partial charge in [-0.25, -0.2) is 4.98 Å². The van der Waals surface area contributed by atoms with Crippen LogP contribution in [0.3, 0.4) is 0 Å². The Labute approximate surface area is 105 Å². The third kappa shape index (κ3) is 2.94. The maximum atomic E-state index is 9.07. The number of aliphatic hydroxyl groups excluding tert-OH is 1. The van der Waals surface area contributed by atoms with E-state index in [0.29, 0.717) is 0 Å². The highest BCUT2D eigenvalue weighted by Gasteiger charge is 2.11. The standard InChI is InChI=1S/C12H16N2O2S/c1-9(6-15)14(2)5-11-8-17-12(13-11)10-3-4-16-7-10/h3-4,7-9,15H,5-6H2,1-2H3. The topological polar surface area (TPSA) is 49.5 Å². The fraction of sp³-hybridized carbons (Fsp3) is 0.417. The first-order valence-electron chi connectivity index (χ1n) is 5.48. The van der Waals surface area contributed by atoms with E-state index in [0.717, 1.165) is 22.8 Å². The molecule has 0 saturated heterocycles. The quantitative estimate of drug-likeness (QED) is 0.886. The summed E-state index contributed by atoms with van der Waals surface area (Å²) >= 11 is 1.61. The monoisotopic (exact) mass is 252 g/mol. The van der Waals surface area contributed by atoms with Gasteiger partial charge >= 0.3 is 0 Å². The van der Waals surface area contributed by atoms with Crippen LogP contribution in [0.5, 0.6) is 0 Å². The molecule has 2 aromatic heterocycles. The Morgan fingerprint density at radius 3 is 3.06 bits per heavy atom. The molecule has 0 aliphatic carbocycles. The first-order chi connectivity index (χ1) is 8.20. The molecule has 2 aromatic rings. The molecule has 0 bridgehead atoms. The van der Waals surface area contributed by atoms with Gasteiger partial charge in [-0.3, -0.25) is 4.90 Å². The molecular formula is C12H16N2O2S. The van der Waals surface area contributed by atoms with Crippen molar-refractivity contribution >= 4 is 11.3 Å². The zero-order valence-corrected chi connectivity index (χ0v) is 10.8. The minimum atomic E-state index is 0.147. The second kappa shape index (κ2) is 5.44. The Morgan fingerprint density at radius 2 is 2.41 bits per heavy atom. The first kappa shape index (κ1) is 12.3. The van der Waals surface area contributed by atoms with E-state index in [1.807, 2.05) is 25.4 Å². The lowest BCUT2D eigenvalue weighted by atomic mass is 10.3. The van der Waals surface area contributed by atoms with E-state index in [4.69, 9.17) is 9.52 Å². The summed E-state index contributed by atoms with van der Waals surface area (Å²) in [7, 11) is 1.98. The molecule has 5 heteroatoms. The molecule has 1 atom stereocenters. The highest BCUT2D eigenvalue weighted by atomic mass is 32.1. The number of hydrogen-bond acceptors (Lipinski definition) is 5. The average Bonchev–Trinajstić information content (AvgIpc) is 2.97. The second-order valence-corrected chi connectivity index (χ2v) is 4.96. The molecule has 17 heavy (non-hydrogen) atoms. The van der Waals surface area contributed by atoms with Gasteiger partial charge in [0.05, 0.1) is 18.6 Å². The molecule has 0 saturated carbocycles. The fourth-order valence-electron chi connectivity index (χ4n) is 1.45. The van der Waals surface area contributed by atoms with Gasteiger partial charge in [0.1, 0.15) is 11.3 Å². The first-order valence-corrected chi connectivity index (χ1v) is 6.36. The second-order valence-electron chi connectivity index (χ2n) is 4.10. The number of aromatic nitrogens is 1. The molecule has 1 N–H and O–H groups in total. The maximum absolute atomic E-state index is 9.07. The normalized spacial score (nSPS) is 13.2. The van der Waals surface area contributed by atoms with Crippen LogP contribution in [-0.4, -0.2) is 34.7 Å². The fourth-order valence-corrected chi connectivity index (χ4v) is 2.25. The predicted octanol–water partition coefficient (Wildman–Crippen LogP) is 2.22. The third-order valence-corrected chi connectivity index (χ3v) is 3.69. The molecule has 1 unspecified atom stereocenters. The number of nitrogens with zero attached hydrogens (tertiary/aromatic N) is 2. The van der Waals surface area contributed by atoms with Crippen LogP contribution in [0.4, 0.5) is 0 Å². The van der Waals surface area contributed by atoms with Crippen molar-refractivity contribution in [2.24, 2.45) is 0 Å². The molecule has 0 aliphatic rings. The van der Waals surface area contributed by atoms with E-state index < -0.39 is 0 Å². The van der Waals surface area contributed by atoms with Crippen LogP contribution in [0.15, 0.2) is 28.4 Å². The van der Waals surface area contributed by atoms with Gasteiger partial charge in [0, 0.05) is 23.5 Å². The van der Waals surface area contributed by atoms with Gasteiger partial charge in [-0.2, -0.15) is 0 Å². The van der Waals surface area contributed by atoms with Crippen molar-refractivity contribution in [3.05, 3.63) is 29.7 Å². The van der Waals surface area contributed by atoms with E-state index in [1.165, 1.54) is 0 Å². The summed E-state index contributed by atoms with van der Waals surface area (Å²) in [4.78, 5) is 6.62. The van der Waals surface area contributed by atoms with E-state index >= 15 is 0 Å². The maximum Gasteiger partial charge on any atom is 0.126 e. The molecule has 0 aliphatic heterocycles. The van der Waals surface area contributed by atoms with E-state index in [9.17, 15) is 0 Å². The van der Waals surface area contributed by atoms with Crippen LogP contribution in [0, 0.1) is 0 Å². The van der Waals surface area contributed by atoms with Crippen molar-refractivity contribution in [1.82, 2.24) is 9.88 Å². The van der Waals surface area contributed by atoms with Crippen LogP contribution >= 0.6 is 11.3 Å². The molecular weight excluding hydrogens is 236 g/mol. The Bertz CT molecular complexity index is 453. The van der Waals surface area contributed by atoms with Crippen molar-refractivity contribution in [3.63, 3.8) is 0 Å². The van der Waals surface area contributed by atoms with Crippen molar-refractivity contribution in [2.45, 2.75) is 19.5 Å². The number of rotatable bonds is 5. The number of furan rings is 1. The number of thiazole rings is 1. The molecule has 2 heterocycles. The zero-order valence-electron chi connectivity index (χ0n) is 9.96. The van der Waals surface area contributed by atoms with Crippen LogP contribution < -0.4 is 0 Å². The number of hydrogen-bond donors (Lipinski definition) is 1. The van der Waals surface area contributed by atoms with Gasteiger partial charge in [0.2, 0.25) is 0 Å². The van der Waals surface area contributed by atoms with Gasteiger partial charge in [-0.1, -0.05) is 0 Å². The molecule has 0 radical (unpaired) electrons. The molecule has 0 aromatic carbocycles. The minimum Gasteiger partial charge on any atom is -0.472 e. The van der Waals surface area contributed by atoms with Gasteiger partial charge in [0.25, 0.3) is 0 Å². The summed E-state index contributed by atoms with van der Waals surface area (Å²) in [5.74, 6) is 0. The Kier molecular flexibility index (Phi) is 3.93.